The highest BCUT2D eigenvalue weighted by atomic mass is 16.5. The summed E-state index contributed by atoms with van der Waals surface area (Å²) in [6.45, 7) is 3.62. The van der Waals surface area contributed by atoms with E-state index in [1.54, 1.807) is 6.92 Å². The lowest BCUT2D eigenvalue weighted by Crippen LogP contribution is -2.40. The summed E-state index contributed by atoms with van der Waals surface area (Å²) in [6.07, 6.45) is 3.45. The van der Waals surface area contributed by atoms with Gasteiger partial charge in [-0.2, -0.15) is 0 Å². The largest absolute Gasteiger partial charge is 0.481 e. The van der Waals surface area contributed by atoms with Crippen LogP contribution in [0.25, 0.3) is 0 Å². The first-order valence-corrected chi connectivity index (χ1v) is 7.01. The molecular formula is C14H20N2O4. The van der Waals surface area contributed by atoms with Crippen LogP contribution in [0.4, 0.5) is 0 Å². The summed E-state index contributed by atoms with van der Waals surface area (Å²) in [5.74, 6) is -0.843. The van der Waals surface area contributed by atoms with Gasteiger partial charge in [-0.05, 0) is 32.6 Å². The van der Waals surface area contributed by atoms with Gasteiger partial charge in [0.25, 0.3) is 5.91 Å². The van der Waals surface area contributed by atoms with Crippen LogP contribution in [0.2, 0.25) is 0 Å². The highest BCUT2D eigenvalue weighted by Gasteiger charge is 2.29. The molecule has 1 amide bonds. The van der Waals surface area contributed by atoms with Crippen LogP contribution in [-0.4, -0.2) is 28.2 Å². The molecule has 0 aromatic carbocycles. The van der Waals surface area contributed by atoms with E-state index in [0.29, 0.717) is 36.3 Å². The Labute approximate surface area is 117 Å². The van der Waals surface area contributed by atoms with Crippen molar-refractivity contribution in [3.05, 3.63) is 17.0 Å². The first-order chi connectivity index (χ1) is 9.52. The summed E-state index contributed by atoms with van der Waals surface area (Å²) in [5, 5.41) is 15.8. The zero-order valence-corrected chi connectivity index (χ0v) is 11.8. The number of amides is 1. The fraction of sp³-hybridized carbons (Fsp3) is 0.643. The van der Waals surface area contributed by atoms with Gasteiger partial charge < -0.3 is 14.9 Å². The maximum atomic E-state index is 12.3. The molecule has 0 saturated heterocycles. The van der Waals surface area contributed by atoms with Gasteiger partial charge in [0.2, 0.25) is 0 Å². The van der Waals surface area contributed by atoms with Crippen molar-refractivity contribution in [3.63, 3.8) is 0 Å². The highest BCUT2D eigenvalue weighted by molar-refractivity contribution is 5.96. The molecule has 20 heavy (non-hydrogen) atoms. The Morgan fingerprint density at radius 2 is 2.20 bits per heavy atom. The van der Waals surface area contributed by atoms with E-state index in [1.165, 1.54) is 0 Å². The fourth-order valence-corrected chi connectivity index (χ4v) is 2.75. The molecule has 1 heterocycles. The molecule has 1 saturated carbocycles. The van der Waals surface area contributed by atoms with Crippen LogP contribution in [0.5, 0.6) is 0 Å². The van der Waals surface area contributed by atoms with E-state index < -0.39 is 5.97 Å². The lowest BCUT2D eigenvalue weighted by atomic mass is 9.85. The standard InChI is InChI=1S/C14H20N2O4/c1-3-11-12(8(2)20-16-11)13(17)15-10-6-4-5-9(7-10)14(18)19/h9-10H,3-7H2,1-2H3,(H,15,17)(H,18,19). The van der Waals surface area contributed by atoms with Crippen molar-refractivity contribution in [1.29, 1.82) is 0 Å². The Morgan fingerprint density at radius 3 is 2.85 bits per heavy atom. The van der Waals surface area contributed by atoms with E-state index in [2.05, 4.69) is 10.5 Å². The minimum Gasteiger partial charge on any atom is -0.481 e. The molecule has 0 spiro atoms. The number of carbonyl (C=O) groups is 2. The number of nitrogens with zero attached hydrogens (tertiary/aromatic N) is 1. The molecule has 2 rings (SSSR count). The molecule has 2 atom stereocenters. The van der Waals surface area contributed by atoms with E-state index in [4.69, 9.17) is 9.63 Å². The van der Waals surface area contributed by atoms with E-state index in [-0.39, 0.29) is 17.9 Å². The third kappa shape index (κ3) is 3.00. The number of nitrogens with one attached hydrogen (secondary N) is 1. The predicted octanol–water partition coefficient (Wildman–Crippen LogP) is 1.92. The molecule has 1 aliphatic carbocycles. The topological polar surface area (TPSA) is 92.4 Å². The molecule has 0 bridgehead atoms. The molecule has 1 aromatic rings. The molecule has 0 radical (unpaired) electrons. The molecule has 6 heteroatoms. The average Bonchev–Trinajstić information content (AvgIpc) is 2.80. The Hall–Kier alpha value is -1.85. The second-order valence-corrected chi connectivity index (χ2v) is 5.29. The van der Waals surface area contributed by atoms with Gasteiger partial charge in [-0.15, -0.1) is 0 Å². The van der Waals surface area contributed by atoms with Crippen molar-refractivity contribution < 1.29 is 19.2 Å². The molecule has 1 aliphatic rings. The van der Waals surface area contributed by atoms with Crippen LogP contribution < -0.4 is 5.32 Å². The number of hydrogen-bond donors (Lipinski definition) is 2. The van der Waals surface area contributed by atoms with E-state index >= 15 is 0 Å². The number of hydrogen-bond acceptors (Lipinski definition) is 4. The lowest BCUT2D eigenvalue weighted by molar-refractivity contribution is -0.143. The normalized spacial score (nSPS) is 22.5. The van der Waals surface area contributed by atoms with Gasteiger partial charge in [-0.1, -0.05) is 18.5 Å². The maximum Gasteiger partial charge on any atom is 0.306 e. The summed E-state index contributed by atoms with van der Waals surface area (Å²) < 4.78 is 5.05. The van der Waals surface area contributed by atoms with Crippen molar-refractivity contribution in [2.75, 3.05) is 0 Å². The zero-order chi connectivity index (χ0) is 14.7. The number of carbonyl (C=O) groups excluding carboxylic acids is 1. The predicted molar refractivity (Wildman–Crippen MR) is 71.5 cm³/mol. The van der Waals surface area contributed by atoms with Crippen molar-refractivity contribution in [3.8, 4) is 0 Å². The number of carboxylic acids is 1. The molecule has 2 unspecified atom stereocenters. The molecule has 1 fully saturated rings. The van der Waals surface area contributed by atoms with Crippen LogP contribution >= 0.6 is 0 Å². The smallest absolute Gasteiger partial charge is 0.306 e. The number of aliphatic carboxylic acids is 1. The molecule has 0 aliphatic heterocycles. The van der Waals surface area contributed by atoms with Crippen LogP contribution in [0.3, 0.4) is 0 Å². The van der Waals surface area contributed by atoms with Crippen LogP contribution in [0.15, 0.2) is 4.52 Å². The third-order valence-electron chi connectivity index (χ3n) is 3.85. The van der Waals surface area contributed by atoms with Crippen molar-refractivity contribution >= 4 is 11.9 Å². The Bertz CT molecular complexity index is 509. The van der Waals surface area contributed by atoms with Gasteiger partial charge in [0, 0.05) is 6.04 Å². The first kappa shape index (κ1) is 14.6. The second kappa shape index (κ2) is 6.07. The number of carboxylic acid groups (broad SMARTS) is 1. The van der Waals surface area contributed by atoms with Crippen molar-refractivity contribution in [2.24, 2.45) is 5.92 Å². The number of aromatic nitrogens is 1. The third-order valence-corrected chi connectivity index (χ3v) is 3.85. The van der Waals surface area contributed by atoms with E-state index in [0.717, 1.165) is 12.8 Å². The molecule has 6 nitrogen and oxygen atoms in total. The second-order valence-electron chi connectivity index (χ2n) is 5.29. The van der Waals surface area contributed by atoms with Gasteiger partial charge >= 0.3 is 5.97 Å². The Morgan fingerprint density at radius 1 is 1.45 bits per heavy atom. The van der Waals surface area contributed by atoms with Crippen LogP contribution in [-0.2, 0) is 11.2 Å². The first-order valence-electron chi connectivity index (χ1n) is 7.01. The minimum absolute atomic E-state index is 0.0867. The van der Waals surface area contributed by atoms with Gasteiger partial charge in [0.1, 0.15) is 11.3 Å². The van der Waals surface area contributed by atoms with Gasteiger partial charge in [-0.25, -0.2) is 0 Å². The zero-order valence-electron chi connectivity index (χ0n) is 11.8. The van der Waals surface area contributed by atoms with Gasteiger partial charge in [0.05, 0.1) is 11.6 Å². The van der Waals surface area contributed by atoms with Crippen molar-refractivity contribution in [2.45, 2.75) is 52.0 Å². The van der Waals surface area contributed by atoms with Crippen LogP contribution in [0, 0.1) is 12.8 Å². The van der Waals surface area contributed by atoms with Crippen LogP contribution in [0.1, 0.15) is 54.4 Å². The SMILES string of the molecule is CCc1noc(C)c1C(=O)NC1CCCC(C(=O)O)C1. The van der Waals surface area contributed by atoms with Gasteiger partial charge in [0.15, 0.2) is 0 Å². The van der Waals surface area contributed by atoms with E-state index in [1.807, 2.05) is 6.92 Å². The summed E-state index contributed by atoms with van der Waals surface area (Å²) in [4.78, 5) is 23.3. The minimum atomic E-state index is -0.778. The summed E-state index contributed by atoms with van der Waals surface area (Å²) in [7, 11) is 0. The quantitative estimate of drug-likeness (QED) is 0.879. The average molecular weight is 280 g/mol. The molecule has 2 N–H and O–H groups in total. The Kier molecular flexibility index (Phi) is 4.42. The molecular weight excluding hydrogens is 260 g/mol. The van der Waals surface area contributed by atoms with E-state index in [9.17, 15) is 9.59 Å². The summed E-state index contributed by atoms with van der Waals surface area (Å²) in [6, 6.07) is -0.0867. The molecule has 1 aromatic heterocycles. The van der Waals surface area contributed by atoms with Crippen molar-refractivity contribution in [1.82, 2.24) is 10.5 Å². The number of rotatable bonds is 4. The highest BCUT2D eigenvalue weighted by Crippen LogP contribution is 2.25. The monoisotopic (exact) mass is 280 g/mol. The lowest BCUT2D eigenvalue weighted by Gasteiger charge is -2.27. The Balaban J connectivity index is 2.04. The maximum absolute atomic E-state index is 12.3. The summed E-state index contributed by atoms with van der Waals surface area (Å²) in [5.41, 5.74) is 1.13. The molecule has 110 valence electrons. The van der Waals surface area contributed by atoms with Gasteiger partial charge in [-0.3, -0.25) is 9.59 Å². The fourth-order valence-electron chi connectivity index (χ4n) is 2.75. The summed E-state index contributed by atoms with van der Waals surface area (Å²) >= 11 is 0. The number of aryl methyl sites for hydroxylation is 2.